The second-order valence-corrected chi connectivity index (χ2v) is 9.27. The number of amides is 1. The number of carbonyl (C=O) groups is 1. The SMILES string of the molecule is CC1(NC(=NC2CCC(Nc3ncccn3)CC2)NC(=O)c2ccc(C(F)(F)F)cc2)CCC1. The first kappa shape index (κ1) is 24.0. The first-order valence-corrected chi connectivity index (χ1v) is 11.6. The van der Waals surface area contributed by atoms with Gasteiger partial charge in [-0.1, -0.05) is 0 Å². The Morgan fingerprint density at radius 1 is 1.06 bits per heavy atom. The predicted molar refractivity (Wildman–Crippen MR) is 123 cm³/mol. The fourth-order valence-electron chi connectivity index (χ4n) is 4.29. The van der Waals surface area contributed by atoms with E-state index in [0.717, 1.165) is 57.1 Å². The molecule has 2 aliphatic carbocycles. The van der Waals surface area contributed by atoms with Gasteiger partial charge in [-0.05, 0) is 82.2 Å². The highest BCUT2D eigenvalue weighted by Crippen LogP contribution is 2.31. The quantitative estimate of drug-likeness (QED) is 0.437. The second kappa shape index (κ2) is 9.99. The number of alkyl halides is 3. The summed E-state index contributed by atoms with van der Waals surface area (Å²) >= 11 is 0. The first-order chi connectivity index (χ1) is 16.2. The van der Waals surface area contributed by atoms with Crippen molar-refractivity contribution in [3.8, 4) is 0 Å². The van der Waals surface area contributed by atoms with Crippen molar-refractivity contribution in [3.05, 3.63) is 53.9 Å². The lowest BCUT2D eigenvalue weighted by Crippen LogP contribution is -2.56. The summed E-state index contributed by atoms with van der Waals surface area (Å²) in [7, 11) is 0. The Kier molecular flexibility index (Phi) is 7.04. The van der Waals surface area contributed by atoms with Crippen LogP contribution in [0.25, 0.3) is 0 Å². The molecule has 3 N–H and O–H groups in total. The van der Waals surface area contributed by atoms with E-state index in [2.05, 4.69) is 32.8 Å². The second-order valence-electron chi connectivity index (χ2n) is 9.27. The summed E-state index contributed by atoms with van der Waals surface area (Å²) in [4.78, 5) is 26.0. The van der Waals surface area contributed by atoms with E-state index in [4.69, 9.17) is 4.99 Å². The van der Waals surface area contributed by atoms with E-state index in [1.165, 1.54) is 12.1 Å². The summed E-state index contributed by atoms with van der Waals surface area (Å²) in [5, 5.41) is 9.51. The van der Waals surface area contributed by atoms with Crippen LogP contribution in [-0.4, -0.2) is 39.5 Å². The number of aromatic nitrogens is 2. The number of benzene rings is 1. The zero-order valence-corrected chi connectivity index (χ0v) is 19.0. The number of nitrogens with zero attached hydrogens (tertiary/aromatic N) is 3. The largest absolute Gasteiger partial charge is 0.416 e. The van der Waals surface area contributed by atoms with Gasteiger partial charge in [0.25, 0.3) is 5.91 Å². The molecule has 7 nitrogen and oxygen atoms in total. The number of nitrogens with one attached hydrogen (secondary N) is 3. The van der Waals surface area contributed by atoms with Crippen LogP contribution in [0.3, 0.4) is 0 Å². The zero-order valence-electron chi connectivity index (χ0n) is 19.0. The molecule has 1 aromatic carbocycles. The molecule has 0 bridgehead atoms. The Balaban J connectivity index is 1.40. The number of hydrogen-bond acceptors (Lipinski definition) is 5. The molecular weight excluding hydrogens is 445 g/mol. The highest BCUT2D eigenvalue weighted by atomic mass is 19.4. The minimum absolute atomic E-state index is 0.0359. The third kappa shape index (κ3) is 6.24. The minimum atomic E-state index is -4.44. The fraction of sp³-hybridized carbons (Fsp3) is 0.500. The Morgan fingerprint density at radius 2 is 1.71 bits per heavy atom. The van der Waals surface area contributed by atoms with Crippen LogP contribution in [0.4, 0.5) is 19.1 Å². The average molecular weight is 475 g/mol. The molecule has 0 unspecified atom stereocenters. The highest BCUT2D eigenvalue weighted by Gasteiger charge is 2.34. The van der Waals surface area contributed by atoms with Crippen molar-refractivity contribution in [2.45, 2.75) is 75.7 Å². The van der Waals surface area contributed by atoms with Crippen molar-refractivity contribution in [1.29, 1.82) is 0 Å². The van der Waals surface area contributed by atoms with E-state index < -0.39 is 17.6 Å². The third-order valence-corrected chi connectivity index (χ3v) is 6.49. The standard InChI is InChI=1S/C24H29F3N6O/c1-23(12-2-13-23)33-22(32-20(34)16-4-6-17(7-5-16)24(25,26)27)31-19-10-8-18(9-11-19)30-21-28-14-3-15-29-21/h3-7,14-15,18-19H,2,8-13H2,1H3,(H,28,29,30)(H2,31,32,33,34). The lowest BCUT2D eigenvalue weighted by Gasteiger charge is -2.40. The summed E-state index contributed by atoms with van der Waals surface area (Å²) in [5.74, 6) is 0.507. The van der Waals surface area contributed by atoms with Crippen LogP contribution in [0.1, 0.15) is 67.8 Å². The van der Waals surface area contributed by atoms with Gasteiger partial charge >= 0.3 is 6.18 Å². The Labute approximate surface area is 196 Å². The normalized spacial score (nSPS) is 22.4. The maximum atomic E-state index is 12.8. The maximum absolute atomic E-state index is 12.8. The summed E-state index contributed by atoms with van der Waals surface area (Å²) in [5.41, 5.74) is -0.781. The van der Waals surface area contributed by atoms with Crippen molar-refractivity contribution in [2.75, 3.05) is 5.32 Å². The molecule has 2 aliphatic rings. The van der Waals surface area contributed by atoms with Gasteiger partial charge in [0, 0.05) is 29.5 Å². The molecule has 10 heteroatoms. The van der Waals surface area contributed by atoms with E-state index >= 15 is 0 Å². The summed E-state index contributed by atoms with van der Waals surface area (Å²) in [6, 6.07) is 6.26. The number of halogens is 3. The molecule has 2 saturated carbocycles. The topological polar surface area (TPSA) is 91.3 Å². The van der Waals surface area contributed by atoms with Crippen LogP contribution < -0.4 is 16.0 Å². The van der Waals surface area contributed by atoms with Crippen molar-refractivity contribution < 1.29 is 18.0 Å². The number of guanidine groups is 1. The maximum Gasteiger partial charge on any atom is 0.416 e. The van der Waals surface area contributed by atoms with E-state index in [1.807, 2.05) is 0 Å². The molecule has 1 aromatic heterocycles. The van der Waals surface area contributed by atoms with E-state index in [1.54, 1.807) is 18.5 Å². The van der Waals surface area contributed by atoms with E-state index in [9.17, 15) is 18.0 Å². The molecule has 4 rings (SSSR count). The summed E-state index contributed by atoms with van der Waals surface area (Å²) in [6.45, 7) is 2.08. The summed E-state index contributed by atoms with van der Waals surface area (Å²) in [6.07, 6.45) is 5.45. The Morgan fingerprint density at radius 3 is 2.26 bits per heavy atom. The number of carbonyl (C=O) groups excluding carboxylic acids is 1. The molecule has 0 aliphatic heterocycles. The van der Waals surface area contributed by atoms with Crippen LogP contribution in [0.2, 0.25) is 0 Å². The van der Waals surface area contributed by atoms with Crippen LogP contribution in [-0.2, 0) is 6.18 Å². The Hall–Kier alpha value is -3.17. The van der Waals surface area contributed by atoms with Gasteiger partial charge in [0.15, 0.2) is 5.96 Å². The van der Waals surface area contributed by atoms with E-state index in [-0.39, 0.29) is 23.2 Å². The van der Waals surface area contributed by atoms with Crippen molar-refractivity contribution in [2.24, 2.45) is 4.99 Å². The number of rotatable bonds is 5. The van der Waals surface area contributed by atoms with Crippen LogP contribution >= 0.6 is 0 Å². The number of hydrogen-bond donors (Lipinski definition) is 3. The fourth-order valence-corrected chi connectivity index (χ4v) is 4.29. The lowest BCUT2D eigenvalue weighted by molar-refractivity contribution is -0.137. The van der Waals surface area contributed by atoms with Gasteiger partial charge in [-0.25, -0.2) is 15.0 Å². The molecule has 2 aromatic rings. The first-order valence-electron chi connectivity index (χ1n) is 11.6. The third-order valence-electron chi connectivity index (χ3n) is 6.49. The van der Waals surface area contributed by atoms with Crippen LogP contribution in [0.15, 0.2) is 47.7 Å². The zero-order chi connectivity index (χ0) is 24.2. The van der Waals surface area contributed by atoms with Crippen LogP contribution in [0, 0.1) is 0 Å². The summed E-state index contributed by atoms with van der Waals surface area (Å²) < 4.78 is 38.5. The average Bonchev–Trinajstić information content (AvgIpc) is 2.79. The molecule has 0 spiro atoms. The molecule has 0 saturated heterocycles. The van der Waals surface area contributed by atoms with Crippen molar-refractivity contribution >= 4 is 17.8 Å². The van der Waals surface area contributed by atoms with Gasteiger partial charge < -0.3 is 10.6 Å². The van der Waals surface area contributed by atoms with Crippen molar-refractivity contribution in [3.63, 3.8) is 0 Å². The van der Waals surface area contributed by atoms with Gasteiger partial charge in [0.1, 0.15) is 0 Å². The number of aliphatic imine (C=N–C) groups is 1. The molecule has 1 amide bonds. The smallest absolute Gasteiger partial charge is 0.351 e. The lowest BCUT2D eigenvalue weighted by atomic mass is 9.79. The molecule has 34 heavy (non-hydrogen) atoms. The monoisotopic (exact) mass is 474 g/mol. The molecular formula is C24H29F3N6O. The van der Waals surface area contributed by atoms with Gasteiger partial charge in [-0.15, -0.1) is 0 Å². The molecule has 2 fully saturated rings. The van der Waals surface area contributed by atoms with E-state index in [0.29, 0.717) is 11.9 Å². The van der Waals surface area contributed by atoms with Crippen molar-refractivity contribution in [1.82, 2.24) is 20.6 Å². The number of anilines is 1. The van der Waals surface area contributed by atoms with Gasteiger partial charge in [0.2, 0.25) is 5.95 Å². The molecule has 182 valence electrons. The molecule has 0 atom stereocenters. The highest BCUT2D eigenvalue weighted by molar-refractivity contribution is 6.06. The predicted octanol–water partition coefficient (Wildman–Crippen LogP) is 4.54. The molecule has 1 heterocycles. The Bertz CT molecular complexity index is 998. The van der Waals surface area contributed by atoms with Crippen LogP contribution in [0.5, 0.6) is 0 Å². The molecule has 0 radical (unpaired) electrons. The van der Waals surface area contributed by atoms with Gasteiger partial charge in [-0.3, -0.25) is 10.1 Å². The van der Waals surface area contributed by atoms with Gasteiger partial charge in [0.05, 0.1) is 11.6 Å². The minimum Gasteiger partial charge on any atom is -0.351 e. The van der Waals surface area contributed by atoms with Gasteiger partial charge in [-0.2, -0.15) is 13.2 Å².